The van der Waals surface area contributed by atoms with Crippen LogP contribution in [0.15, 0.2) is 21.6 Å². The van der Waals surface area contributed by atoms with Crippen molar-refractivity contribution in [2.75, 3.05) is 19.6 Å². The van der Waals surface area contributed by atoms with E-state index in [4.69, 9.17) is 4.42 Å². The van der Waals surface area contributed by atoms with Crippen LogP contribution in [0.1, 0.15) is 36.7 Å². The third-order valence-electron chi connectivity index (χ3n) is 3.32. The van der Waals surface area contributed by atoms with Gasteiger partial charge in [-0.3, -0.25) is 4.79 Å². The molecule has 0 aromatic carbocycles. The minimum atomic E-state index is -3.70. The van der Waals surface area contributed by atoms with Crippen molar-refractivity contribution < 1.29 is 17.6 Å². The van der Waals surface area contributed by atoms with Crippen molar-refractivity contribution in [3.05, 3.63) is 17.9 Å². The smallest absolute Gasteiger partial charge is 0.274 e. The number of rotatable bonds is 6. The number of nitrogens with zero attached hydrogens (tertiary/aromatic N) is 1. The summed E-state index contributed by atoms with van der Waals surface area (Å²) >= 11 is 0. The molecule has 0 aliphatic carbocycles. The molecule has 20 heavy (non-hydrogen) atoms. The first kappa shape index (κ1) is 15.2. The Labute approximate surface area is 119 Å². The Balaban J connectivity index is 1.94. The Morgan fingerprint density at radius 1 is 1.35 bits per heavy atom. The zero-order valence-corrected chi connectivity index (χ0v) is 12.4. The van der Waals surface area contributed by atoms with E-state index in [9.17, 15) is 13.2 Å². The highest BCUT2D eigenvalue weighted by Crippen LogP contribution is 2.14. The number of furan rings is 1. The average Bonchev–Trinajstić information content (AvgIpc) is 2.88. The van der Waals surface area contributed by atoms with Crippen LogP contribution < -0.4 is 4.72 Å². The highest BCUT2D eigenvalue weighted by Gasteiger charge is 2.23. The van der Waals surface area contributed by atoms with Crippen LogP contribution in [0.4, 0.5) is 0 Å². The lowest BCUT2D eigenvalue weighted by Gasteiger charge is -2.29. The van der Waals surface area contributed by atoms with Crippen LogP contribution in [0.5, 0.6) is 0 Å². The summed E-state index contributed by atoms with van der Waals surface area (Å²) in [6.07, 6.45) is 4.06. The van der Waals surface area contributed by atoms with Crippen LogP contribution in [0.25, 0.3) is 0 Å². The number of carbonyl (C=O) groups excluding carboxylic acids is 1. The van der Waals surface area contributed by atoms with Crippen molar-refractivity contribution in [2.45, 2.75) is 37.3 Å². The number of hydrogen-bond acceptors (Lipinski definition) is 5. The van der Waals surface area contributed by atoms with E-state index in [0.717, 1.165) is 13.1 Å². The van der Waals surface area contributed by atoms with Gasteiger partial charge in [0.2, 0.25) is 5.09 Å². The summed E-state index contributed by atoms with van der Waals surface area (Å²) in [5, 5.41) is -0.218. The summed E-state index contributed by atoms with van der Waals surface area (Å²) in [4.78, 5) is 12.8. The minimum absolute atomic E-state index is 0.00839. The largest absolute Gasteiger partial charge is 0.440 e. The molecule has 1 unspecified atom stereocenters. The van der Waals surface area contributed by atoms with Gasteiger partial charge in [0.25, 0.3) is 10.0 Å². The average molecular weight is 300 g/mol. The maximum Gasteiger partial charge on any atom is 0.274 e. The van der Waals surface area contributed by atoms with Crippen LogP contribution in [-0.2, 0) is 10.0 Å². The molecule has 1 aliphatic rings. The molecule has 2 heterocycles. The first-order valence-electron chi connectivity index (χ1n) is 6.81. The number of carbonyl (C=O) groups is 1. The molecule has 1 fully saturated rings. The topological polar surface area (TPSA) is 79.6 Å². The van der Waals surface area contributed by atoms with E-state index in [2.05, 4.69) is 9.62 Å². The van der Waals surface area contributed by atoms with Gasteiger partial charge in [-0.05, 0) is 45.0 Å². The number of nitrogens with one attached hydrogen (secondary N) is 1. The molecule has 1 aliphatic heterocycles. The Bertz CT molecular complexity index is 546. The van der Waals surface area contributed by atoms with Gasteiger partial charge in [-0.15, -0.1) is 0 Å². The van der Waals surface area contributed by atoms with Gasteiger partial charge in [0.05, 0.1) is 0 Å². The Morgan fingerprint density at radius 2 is 2.05 bits per heavy atom. The van der Waals surface area contributed by atoms with E-state index >= 15 is 0 Å². The summed E-state index contributed by atoms with van der Waals surface area (Å²) in [5.74, 6) is 0.00839. The van der Waals surface area contributed by atoms with E-state index in [-0.39, 0.29) is 16.9 Å². The van der Waals surface area contributed by atoms with Gasteiger partial charge in [-0.2, -0.15) is 0 Å². The summed E-state index contributed by atoms with van der Waals surface area (Å²) in [6, 6.07) is 2.43. The summed E-state index contributed by atoms with van der Waals surface area (Å²) in [7, 11) is -3.70. The van der Waals surface area contributed by atoms with Crippen LogP contribution in [0.3, 0.4) is 0 Å². The molecular weight excluding hydrogens is 280 g/mol. The number of sulfonamides is 1. The number of likely N-dealkylation sites (tertiary alicyclic amines) is 1. The zero-order chi connectivity index (χ0) is 14.6. The second-order valence-electron chi connectivity index (χ2n) is 5.16. The van der Waals surface area contributed by atoms with Gasteiger partial charge < -0.3 is 9.32 Å². The SMILES string of the molecule is CC(CN1CCCCC1)NS(=O)(=O)c1ccc(C=O)o1. The molecule has 0 spiro atoms. The fourth-order valence-electron chi connectivity index (χ4n) is 2.43. The Morgan fingerprint density at radius 3 is 2.65 bits per heavy atom. The molecule has 0 amide bonds. The van der Waals surface area contributed by atoms with E-state index in [1.54, 1.807) is 0 Å². The zero-order valence-electron chi connectivity index (χ0n) is 11.5. The van der Waals surface area contributed by atoms with Crippen molar-refractivity contribution in [1.82, 2.24) is 9.62 Å². The fourth-order valence-corrected chi connectivity index (χ4v) is 3.61. The molecule has 1 atom stereocenters. The van der Waals surface area contributed by atoms with Gasteiger partial charge in [0, 0.05) is 12.6 Å². The standard InChI is InChI=1S/C13H20N2O4S/c1-11(9-15-7-3-2-4-8-15)14-20(17,18)13-6-5-12(10-16)19-13/h5-6,10-11,14H,2-4,7-9H2,1H3. The van der Waals surface area contributed by atoms with Crippen molar-refractivity contribution in [1.29, 1.82) is 0 Å². The second kappa shape index (κ2) is 6.51. The Kier molecular flexibility index (Phi) is 4.95. The van der Waals surface area contributed by atoms with Crippen molar-refractivity contribution >= 4 is 16.3 Å². The predicted molar refractivity (Wildman–Crippen MR) is 74.2 cm³/mol. The number of hydrogen-bond donors (Lipinski definition) is 1. The lowest BCUT2D eigenvalue weighted by molar-refractivity contribution is 0.109. The molecule has 112 valence electrons. The monoisotopic (exact) mass is 300 g/mol. The molecule has 2 rings (SSSR count). The van der Waals surface area contributed by atoms with Crippen molar-refractivity contribution in [3.8, 4) is 0 Å². The third-order valence-corrected chi connectivity index (χ3v) is 4.78. The quantitative estimate of drug-likeness (QED) is 0.800. The lowest BCUT2D eigenvalue weighted by Crippen LogP contribution is -2.43. The van der Waals surface area contributed by atoms with E-state index in [1.165, 1.54) is 31.4 Å². The molecule has 1 N–H and O–H groups in total. The van der Waals surface area contributed by atoms with E-state index in [0.29, 0.717) is 12.8 Å². The summed E-state index contributed by atoms with van der Waals surface area (Å²) in [5.41, 5.74) is 0. The maximum absolute atomic E-state index is 12.1. The number of piperidine rings is 1. The predicted octanol–water partition coefficient (Wildman–Crippen LogP) is 1.24. The Hall–Kier alpha value is -1.18. The molecule has 0 saturated carbocycles. The molecule has 6 nitrogen and oxygen atoms in total. The van der Waals surface area contributed by atoms with Crippen LogP contribution in [-0.4, -0.2) is 45.3 Å². The number of aldehydes is 1. The van der Waals surface area contributed by atoms with E-state index < -0.39 is 10.0 Å². The highest BCUT2D eigenvalue weighted by atomic mass is 32.2. The maximum atomic E-state index is 12.1. The fraction of sp³-hybridized carbons (Fsp3) is 0.615. The van der Waals surface area contributed by atoms with Crippen molar-refractivity contribution in [3.63, 3.8) is 0 Å². The summed E-state index contributed by atoms with van der Waals surface area (Å²) < 4.78 is 31.7. The molecule has 1 aromatic heterocycles. The minimum Gasteiger partial charge on any atom is -0.440 e. The van der Waals surface area contributed by atoms with Gasteiger partial charge in [0.1, 0.15) is 0 Å². The molecule has 0 bridgehead atoms. The molecule has 1 aromatic rings. The highest BCUT2D eigenvalue weighted by molar-refractivity contribution is 7.89. The van der Waals surface area contributed by atoms with Crippen LogP contribution >= 0.6 is 0 Å². The van der Waals surface area contributed by atoms with Gasteiger partial charge in [0.15, 0.2) is 12.0 Å². The molecule has 7 heteroatoms. The first-order chi connectivity index (χ1) is 9.51. The lowest BCUT2D eigenvalue weighted by atomic mass is 10.1. The van der Waals surface area contributed by atoms with E-state index in [1.807, 2.05) is 6.92 Å². The molecular formula is C13H20N2O4S. The molecule has 0 radical (unpaired) electrons. The third kappa shape index (κ3) is 3.91. The molecule has 1 saturated heterocycles. The summed E-state index contributed by atoms with van der Waals surface area (Å²) in [6.45, 7) is 4.54. The van der Waals surface area contributed by atoms with Gasteiger partial charge in [-0.1, -0.05) is 6.42 Å². The van der Waals surface area contributed by atoms with Crippen LogP contribution in [0, 0.1) is 0 Å². The second-order valence-corrected chi connectivity index (χ2v) is 6.80. The van der Waals surface area contributed by atoms with Crippen molar-refractivity contribution in [2.24, 2.45) is 0 Å². The first-order valence-corrected chi connectivity index (χ1v) is 8.29. The van der Waals surface area contributed by atoms with Gasteiger partial charge >= 0.3 is 0 Å². The van der Waals surface area contributed by atoms with Crippen LogP contribution in [0.2, 0.25) is 0 Å². The normalized spacial score (nSPS) is 18.9. The van der Waals surface area contributed by atoms with Gasteiger partial charge in [-0.25, -0.2) is 13.1 Å².